The molecule has 1 unspecified atom stereocenters. The van der Waals surface area contributed by atoms with Crippen molar-refractivity contribution in [1.82, 2.24) is 0 Å². The van der Waals surface area contributed by atoms with E-state index in [2.05, 4.69) is 4.74 Å². The predicted octanol–water partition coefficient (Wildman–Crippen LogP) is -3.74. The number of hydrogen-bond acceptors (Lipinski definition) is 9. The van der Waals surface area contributed by atoms with Crippen LogP contribution in [0, 0.1) is 0 Å². The number of carbonyl (C=O) groups excluding carboxylic acids is 2. The molecule has 0 amide bonds. The summed E-state index contributed by atoms with van der Waals surface area (Å²) in [6, 6.07) is 0. The van der Waals surface area contributed by atoms with E-state index in [4.69, 9.17) is 15.3 Å². The van der Waals surface area contributed by atoms with E-state index in [1.165, 1.54) is 6.92 Å². The zero-order valence-corrected chi connectivity index (χ0v) is 10.2. The lowest BCUT2D eigenvalue weighted by Crippen LogP contribution is -2.49. The summed E-state index contributed by atoms with van der Waals surface area (Å²) in [5.41, 5.74) is 0. The number of hydrogen-bond donors (Lipinski definition) is 6. The van der Waals surface area contributed by atoms with Gasteiger partial charge in [0.25, 0.3) is 0 Å². The number of carbonyl (C=O) groups is 2. The molecule has 0 radical (unpaired) electrons. The Morgan fingerprint density at radius 3 is 2.00 bits per heavy atom. The van der Waals surface area contributed by atoms with Gasteiger partial charge in [0.15, 0.2) is 6.10 Å². The summed E-state index contributed by atoms with van der Waals surface area (Å²) in [6.45, 7) is 0.374. The third-order valence-corrected chi connectivity index (χ3v) is 2.17. The average Bonchev–Trinajstić information content (AvgIpc) is 2.33. The average molecular weight is 282 g/mol. The summed E-state index contributed by atoms with van der Waals surface area (Å²) in [4.78, 5) is 22.2. The van der Waals surface area contributed by atoms with Gasteiger partial charge >= 0.3 is 11.9 Å². The Labute approximate surface area is 108 Å². The molecule has 19 heavy (non-hydrogen) atoms. The summed E-state index contributed by atoms with van der Waals surface area (Å²) in [5, 5.41) is 54.2. The van der Waals surface area contributed by atoms with Gasteiger partial charge in [0.05, 0.1) is 19.1 Å². The van der Waals surface area contributed by atoms with Crippen LogP contribution in [0.15, 0.2) is 0 Å². The fourth-order valence-electron chi connectivity index (χ4n) is 1.12. The Balaban J connectivity index is 4.43. The molecule has 5 atom stereocenters. The van der Waals surface area contributed by atoms with Gasteiger partial charge in [-0.25, -0.2) is 4.79 Å². The Bertz CT molecular complexity index is 303. The van der Waals surface area contributed by atoms with Crippen molar-refractivity contribution in [2.45, 2.75) is 43.9 Å². The molecule has 0 aliphatic carbocycles. The Hall–Kier alpha value is -1.10. The molecule has 9 nitrogen and oxygen atoms in total. The topological polar surface area (TPSA) is 165 Å². The maximum atomic E-state index is 11.2. The van der Waals surface area contributed by atoms with E-state index in [-0.39, 0.29) is 0 Å². The van der Waals surface area contributed by atoms with Gasteiger partial charge in [0.2, 0.25) is 0 Å². The van der Waals surface area contributed by atoms with Gasteiger partial charge in [-0.15, -0.1) is 0 Å². The van der Waals surface area contributed by atoms with Crippen LogP contribution in [0.4, 0.5) is 0 Å². The highest BCUT2D eigenvalue weighted by Gasteiger charge is 2.36. The monoisotopic (exact) mass is 282 g/mol. The van der Waals surface area contributed by atoms with Crippen LogP contribution in [0.25, 0.3) is 0 Å². The molecule has 0 aromatic heterocycles. The van der Waals surface area contributed by atoms with E-state index in [1.54, 1.807) is 0 Å². The van der Waals surface area contributed by atoms with Crippen LogP contribution >= 0.6 is 0 Å². The summed E-state index contributed by atoms with van der Waals surface area (Å²) >= 11 is 0. The molecule has 0 aliphatic rings. The van der Waals surface area contributed by atoms with Crippen molar-refractivity contribution >= 4 is 11.9 Å². The molecule has 0 bridgehead atoms. The minimum atomic E-state index is -2.28. The molecule has 6 N–H and O–H groups in total. The molecule has 0 saturated heterocycles. The zero-order valence-electron chi connectivity index (χ0n) is 10.2. The third-order valence-electron chi connectivity index (χ3n) is 2.17. The maximum absolute atomic E-state index is 11.2. The second kappa shape index (κ2) is 8.15. The highest BCUT2D eigenvalue weighted by atomic mass is 16.6. The van der Waals surface area contributed by atoms with E-state index in [1.807, 2.05) is 0 Å². The quantitative estimate of drug-likeness (QED) is 0.203. The predicted molar refractivity (Wildman–Crippen MR) is 58.5 cm³/mol. The van der Waals surface area contributed by atoms with Crippen molar-refractivity contribution in [1.29, 1.82) is 0 Å². The standard InChI is InChI=1S/C10H18O9/c1-4(12)2-6(14)19-10(18)9(17)8(16)7(15)5(13)3-11/h4-5,7-9,11-13,15-17H,2-3H2,1H3/t4?,5-,7-,8+,9-/m1/s1. The van der Waals surface area contributed by atoms with Crippen LogP contribution in [0.1, 0.15) is 13.3 Å². The summed E-state index contributed by atoms with van der Waals surface area (Å²) < 4.78 is 4.10. The van der Waals surface area contributed by atoms with Crippen molar-refractivity contribution in [2.24, 2.45) is 0 Å². The lowest BCUT2D eigenvalue weighted by Gasteiger charge is -2.24. The van der Waals surface area contributed by atoms with Crippen molar-refractivity contribution in [3.63, 3.8) is 0 Å². The zero-order chi connectivity index (χ0) is 15.2. The summed E-state index contributed by atoms with van der Waals surface area (Å²) in [5.74, 6) is -2.66. The molecule has 112 valence electrons. The van der Waals surface area contributed by atoms with Crippen LogP contribution in [0.3, 0.4) is 0 Å². The Morgan fingerprint density at radius 1 is 1.05 bits per heavy atom. The van der Waals surface area contributed by atoms with Crippen molar-refractivity contribution in [2.75, 3.05) is 6.61 Å². The van der Waals surface area contributed by atoms with Crippen molar-refractivity contribution in [3.8, 4) is 0 Å². The van der Waals surface area contributed by atoms with Crippen LogP contribution in [-0.4, -0.2) is 79.7 Å². The first kappa shape index (κ1) is 17.9. The van der Waals surface area contributed by atoms with Gasteiger partial charge in [0.1, 0.15) is 18.3 Å². The lowest BCUT2D eigenvalue weighted by atomic mass is 10.0. The van der Waals surface area contributed by atoms with E-state index in [9.17, 15) is 24.9 Å². The Kier molecular flexibility index (Phi) is 7.68. The van der Waals surface area contributed by atoms with Gasteiger partial charge < -0.3 is 35.4 Å². The first-order valence-electron chi connectivity index (χ1n) is 5.46. The van der Waals surface area contributed by atoms with Crippen LogP contribution in [-0.2, 0) is 14.3 Å². The first-order valence-corrected chi connectivity index (χ1v) is 5.46. The molecule has 9 heteroatoms. The van der Waals surface area contributed by atoms with Crippen LogP contribution in [0.2, 0.25) is 0 Å². The number of aliphatic hydroxyl groups excluding tert-OH is 6. The minimum absolute atomic E-state index is 0.490. The summed E-state index contributed by atoms with van der Waals surface area (Å²) in [6.07, 6.45) is -9.74. The van der Waals surface area contributed by atoms with Crippen LogP contribution in [0.5, 0.6) is 0 Å². The van der Waals surface area contributed by atoms with E-state index < -0.39 is 55.5 Å². The second-order valence-corrected chi connectivity index (χ2v) is 4.02. The molecular weight excluding hydrogens is 264 g/mol. The number of aliphatic hydroxyl groups is 6. The molecule has 0 aliphatic heterocycles. The molecule has 0 aromatic carbocycles. The van der Waals surface area contributed by atoms with Gasteiger partial charge in [0, 0.05) is 0 Å². The number of esters is 2. The fourth-order valence-corrected chi connectivity index (χ4v) is 1.12. The van der Waals surface area contributed by atoms with Crippen molar-refractivity contribution < 1.29 is 45.0 Å². The molecule has 0 saturated carbocycles. The smallest absolute Gasteiger partial charge is 0.345 e. The number of ether oxygens (including phenoxy) is 1. The Morgan fingerprint density at radius 2 is 1.58 bits per heavy atom. The maximum Gasteiger partial charge on any atom is 0.345 e. The SMILES string of the molecule is CC(O)CC(=O)OC(=O)[C@H](O)[C@@H](O)[C@H](O)[C@H](O)CO. The number of rotatable bonds is 7. The van der Waals surface area contributed by atoms with Gasteiger partial charge in [-0.2, -0.15) is 0 Å². The normalized spacial score (nSPS) is 19.1. The van der Waals surface area contributed by atoms with E-state index in [0.717, 1.165) is 0 Å². The molecule has 0 rings (SSSR count). The van der Waals surface area contributed by atoms with Gasteiger partial charge in [-0.05, 0) is 6.92 Å². The van der Waals surface area contributed by atoms with E-state index in [0.29, 0.717) is 0 Å². The minimum Gasteiger partial charge on any atom is -0.394 e. The highest BCUT2D eigenvalue weighted by molar-refractivity contribution is 5.88. The van der Waals surface area contributed by atoms with Crippen LogP contribution < -0.4 is 0 Å². The molecule has 0 aromatic rings. The third kappa shape index (κ3) is 6.05. The van der Waals surface area contributed by atoms with E-state index >= 15 is 0 Å². The van der Waals surface area contributed by atoms with Gasteiger partial charge in [-0.1, -0.05) is 0 Å². The second-order valence-electron chi connectivity index (χ2n) is 4.02. The largest absolute Gasteiger partial charge is 0.394 e. The highest BCUT2D eigenvalue weighted by Crippen LogP contribution is 2.07. The molecule has 0 spiro atoms. The fraction of sp³-hybridized carbons (Fsp3) is 0.800. The van der Waals surface area contributed by atoms with Crippen molar-refractivity contribution in [3.05, 3.63) is 0 Å². The summed E-state index contributed by atoms with van der Waals surface area (Å²) in [7, 11) is 0. The first-order chi connectivity index (χ1) is 8.70. The molecule has 0 heterocycles. The van der Waals surface area contributed by atoms with Gasteiger partial charge in [-0.3, -0.25) is 4.79 Å². The molecular formula is C10H18O9. The lowest BCUT2D eigenvalue weighted by molar-refractivity contribution is -0.177. The molecule has 0 fully saturated rings.